The second-order valence-electron chi connectivity index (χ2n) is 12.3. The quantitative estimate of drug-likeness (QED) is 0.238. The molecule has 2 aromatic rings. The molecule has 0 spiro atoms. The number of amides is 5. The van der Waals surface area contributed by atoms with Crippen molar-refractivity contribution in [3.05, 3.63) is 42.1 Å². The molecule has 48 heavy (non-hydrogen) atoms. The Balaban J connectivity index is 1.31. The molecule has 0 bridgehead atoms. The molecular weight excluding hydrogens is 626 g/mol. The van der Waals surface area contributed by atoms with Crippen LogP contribution >= 0.6 is 0 Å². The molecule has 16 heteroatoms. The first kappa shape index (κ1) is 34.2. The number of hydrogen-bond donors (Lipinski definition) is 4. The fourth-order valence-electron chi connectivity index (χ4n) is 5.86. The van der Waals surface area contributed by atoms with Gasteiger partial charge in [-0.15, -0.1) is 0 Å². The van der Waals surface area contributed by atoms with Crippen LogP contribution in [0.3, 0.4) is 0 Å². The Morgan fingerprint density at radius 3 is 2.27 bits per heavy atom. The fourth-order valence-corrected chi connectivity index (χ4v) is 5.86. The van der Waals surface area contributed by atoms with E-state index in [0.717, 1.165) is 12.8 Å². The predicted molar refractivity (Wildman–Crippen MR) is 168 cm³/mol. The summed E-state index contributed by atoms with van der Waals surface area (Å²) in [5, 5.41) is 28.5. The molecule has 0 radical (unpaired) electrons. The number of carboxylic acid groups (broad SMARTS) is 2. The zero-order chi connectivity index (χ0) is 34.4. The lowest BCUT2D eigenvalue weighted by Crippen LogP contribution is -2.55. The lowest BCUT2D eigenvalue weighted by Gasteiger charge is -2.35. The molecule has 3 fully saturated rings. The Labute approximate surface area is 277 Å². The number of hydrogen-bond acceptors (Lipinski definition) is 8. The topological polar surface area (TPSA) is 204 Å². The van der Waals surface area contributed by atoms with E-state index in [9.17, 15) is 39.0 Å². The summed E-state index contributed by atoms with van der Waals surface area (Å²) in [6.07, 6.45) is 0.702. The van der Waals surface area contributed by atoms with Gasteiger partial charge in [-0.05, 0) is 57.1 Å². The van der Waals surface area contributed by atoms with Gasteiger partial charge >= 0.3 is 12.1 Å². The van der Waals surface area contributed by atoms with Crippen LogP contribution in [-0.4, -0.2) is 128 Å². The number of ether oxygens (including phenoxy) is 1. The van der Waals surface area contributed by atoms with Crippen molar-refractivity contribution in [3.63, 3.8) is 0 Å². The second-order valence-corrected chi connectivity index (χ2v) is 12.3. The van der Waals surface area contributed by atoms with Crippen molar-refractivity contribution >= 4 is 35.7 Å². The number of para-hydroxylation sites is 1. The van der Waals surface area contributed by atoms with Crippen LogP contribution in [0.1, 0.15) is 55.9 Å². The van der Waals surface area contributed by atoms with Crippen molar-refractivity contribution in [2.75, 3.05) is 39.3 Å². The lowest BCUT2D eigenvalue weighted by atomic mass is 10.1. The maximum atomic E-state index is 13.5. The summed E-state index contributed by atoms with van der Waals surface area (Å²) < 4.78 is 7.44. The number of carbonyl (C=O) groups is 6. The molecule has 2 aliphatic heterocycles. The van der Waals surface area contributed by atoms with Crippen LogP contribution < -0.4 is 15.4 Å². The largest absolute Gasteiger partial charge is 0.481 e. The minimum Gasteiger partial charge on any atom is -0.481 e. The molecule has 0 unspecified atom stereocenters. The molecule has 3 heterocycles. The Kier molecular flexibility index (Phi) is 10.8. The molecular formula is C32H41N7O9. The summed E-state index contributed by atoms with van der Waals surface area (Å²) in [6, 6.07) is 8.30. The third-order valence-corrected chi connectivity index (χ3v) is 8.77. The van der Waals surface area contributed by atoms with Crippen molar-refractivity contribution in [1.29, 1.82) is 0 Å². The molecule has 1 aromatic heterocycles. The van der Waals surface area contributed by atoms with E-state index in [1.807, 2.05) is 0 Å². The van der Waals surface area contributed by atoms with E-state index in [0.29, 0.717) is 37.5 Å². The zero-order valence-electron chi connectivity index (χ0n) is 26.7. The predicted octanol–water partition coefficient (Wildman–Crippen LogP) is 0.942. The average Bonchev–Trinajstić information content (AvgIpc) is 3.61. The fraction of sp³-hybridized carbons (Fsp3) is 0.531. The first-order valence-corrected chi connectivity index (χ1v) is 16.2. The number of aliphatic carboxylic acids is 1. The molecule has 5 rings (SSSR count). The van der Waals surface area contributed by atoms with Gasteiger partial charge in [0.1, 0.15) is 12.1 Å². The van der Waals surface area contributed by atoms with E-state index in [-0.39, 0.29) is 56.0 Å². The van der Waals surface area contributed by atoms with E-state index >= 15 is 0 Å². The molecule has 1 aliphatic carbocycles. The number of nitrogens with zero attached hydrogens (tertiary/aromatic N) is 5. The van der Waals surface area contributed by atoms with Crippen LogP contribution in [0.4, 0.5) is 4.79 Å². The Bertz CT molecular complexity index is 1520. The number of rotatable bonds is 13. The van der Waals surface area contributed by atoms with Gasteiger partial charge in [-0.3, -0.25) is 24.0 Å². The van der Waals surface area contributed by atoms with E-state index < -0.39 is 48.5 Å². The molecule has 5 amide bonds. The smallest absolute Gasteiger partial charge is 0.407 e. The average molecular weight is 668 g/mol. The lowest BCUT2D eigenvalue weighted by molar-refractivity contribution is -0.143. The van der Waals surface area contributed by atoms with Crippen molar-refractivity contribution in [3.8, 4) is 11.6 Å². The zero-order valence-corrected chi connectivity index (χ0v) is 26.7. The molecule has 16 nitrogen and oxygen atoms in total. The second kappa shape index (κ2) is 15.2. The highest BCUT2D eigenvalue weighted by Gasteiger charge is 2.38. The third-order valence-electron chi connectivity index (χ3n) is 8.77. The van der Waals surface area contributed by atoms with Crippen LogP contribution in [0.5, 0.6) is 5.88 Å². The standard InChI is InChI=1S/C32H41N7O9/c1-20(30(44)38-13-5-8-25(38)29(43)33-19-21-9-10-21)48-26-18-24(35-39(26)22-6-3-2-4-7-22)28(42)34-23(11-12-27(40)41)31(45)36-14-16-37(17-15-36)32(46)47/h2-4,6-7,18,20-21,23,25H,5,8-17,19H2,1H3,(H,33,43)(H,34,42)(H,40,41)(H,46,47)/t20-,23-,25-/m0/s1. The van der Waals surface area contributed by atoms with Gasteiger partial charge in [-0.2, -0.15) is 5.10 Å². The number of likely N-dealkylation sites (tertiary alicyclic amines) is 1. The van der Waals surface area contributed by atoms with E-state index in [4.69, 9.17) is 4.74 Å². The number of benzene rings is 1. The van der Waals surface area contributed by atoms with Crippen LogP contribution in [0.2, 0.25) is 0 Å². The minimum atomic E-state index is -1.21. The van der Waals surface area contributed by atoms with Gasteiger partial charge in [-0.25, -0.2) is 9.48 Å². The van der Waals surface area contributed by atoms with E-state index in [1.54, 1.807) is 37.3 Å². The molecule has 258 valence electrons. The van der Waals surface area contributed by atoms with Gasteiger partial charge in [0.15, 0.2) is 11.8 Å². The van der Waals surface area contributed by atoms with Crippen LogP contribution in [-0.2, 0) is 19.2 Å². The van der Waals surface area contributed by atoms with Crippen LogP contribution in [0, 0.1) is 5.92 Å². The van der Waals surface area contributed by atoms with Crippen LogP contribution in [0.15, 0.2) is 36.4 Å². The number of nitrogens with one attached hydrogen (secondary N) is 2. The number of carbonyl (C=O) groups excluding carboxylic acids is 4. The van der Waals surface area contributed by atoms with Crippen molar-refractivity contribution in [2.24, 2.45) is 5.92 Å². The molecule has 3 atom stereocenters. The van der Waals surface area contributed by atoms with Crippen molar-refractivity contribution < 1.29 is 43.7 Å². The third kappa shape index (κ3) is 8.41. The summed E-state index contributed by atoms with van der Waals surface area (Å²) >= 11 is 0. The van der Waals surface area contributed by atoms with Gasteiger partial charge in [0.2, 0.25) is 17.7 Å². The Morgan fingerprint density at radius 1 is 0.938 bits per heavy atom. The molecule has 1 saturated carbocycles. The van der Waals surface area contributed by atoms with E-state index in [1.165, 1.54) is 25.4 Å². The Morgan fingerprint density at radius 2 is 1.62 bits per heavy atom. The van der Waals surface area contributed by atoms with Gasteiger partial charge in [0, 0.05) is 51.8 Å². The SMILES string of the molecule is C[C@H](Oc1cc(C(=O)N[C@@H](CCC(=O)O)C(=O)N2CCN(C(=O)O)CC2)nn1-c1ccccc1)C(=O)N1CCC[C@H]1C(=O)NCC1CC1. The highest BCUT2D eigenvalue weighted by atomic mass is 16.5. The summed E-state index contributed by atoms with van der Waals surface area (Å²) in [5.41, 5.74) is 0.385. The maximum Gasteiger partial charge on any atom is 0.407 e. The maximum absolute atomic E-state index is 13.5. The van der Waals surface area contributed by atoms with Gasteiger partial charge in [0.25, 0.3) is 11.8 Å². The summed E-state index contributed by atoms with van der Waals surface area (Å²) in [4.78, 5) is 80.0. The van der Waals surface area contributed by atoms with Gasteiger partial charge in [-0.1, -0.05) is 18.2 Å². The molecule has 4 N–H and O–H groups in total. The summed E-state index contributed by atoms with van der Waals surface area (Å²) in [5.74, 6) is -2.44. The molecule has 3 aliphatic rings. The molecule has 2 saturated heterocycles. The summed E-state index contributed by atoms with van der Waals surface area (Å²) in [7, 11) is 0. The van der Waals surface area contributed by atoms with Gasteiger partial charge < -0.3 is 40.3 Å². The van der Waals surface area contributed by atoms with Crippen molar-refractivity contribution in [1.82, 2.24) is 35.1 Å². The minimum absolute atomic E-state index is 0.0688. The highest BCUT2D eigenvalue weighted by Crippen LogP contribution is 2.28. The van der Waals surface area contributed by atoms with Gasteiger partial charge in [0.05, 0.1) is 5.69 Å². The monoisotopic (exact) mass is 667 g/mol. The summed E-state index contributed by atoms with van der Waals surface area (Å²) in [6.45, 7) is 2.94. The van der Waals surface area contributed by atoms with E-state index in [2.05, 4.69) is 15.7 Å². The van der Waals surface area contributed by atoms with Crippen LogP contribution in [0.25, 0.3) is 5.69 Å². The number of carboxylic acids is 1. The first-order valence-electron chi connectivity index (χ1n) is 16.2. The number of piperazine rings is 1. The normalized spacial score (nSPS) is 18.9. The highest BCUT2D eigenvalue weighted by molar-refractivity contribution is 5.96. The number of aromatic nitrogens is 2. The Hall–Kier alpha value is -5.15. The van der Waals surface area contributed by atoms with Crippen molar-refractivity contribution in [2.45, 2.75) is 63.6 Å². The first-order chi connectivity index (χ1) is 23.0. The molecule has 1 aromatic carbocycles.